The average Bonchev–Trinajstić information content (AvgIpc) is 3.39. The maximum atomic E-state index is 13.7. The summed E-state index contributed by atoms with van der Waals surface area (Å²) in [6.45, 7) is 7.63. The van der Waals surface area contributed by atoms with Crippen LogP contribution >= 0.6 is 0 Å². The monoisotopic (exact) mass is 555 g/mol. The number of amides is 2. The molecule has 40 heavy (non-hydrogen) atoms. The predicted octanol–water partition coefficient (Wildman–Crippen LogP) is 2.86. The number of hydrogen-bond donors (Lipinski definition) is 2. The molecule has 1 saturated heterocycles. The molecule has 0 unspecified atom stereocenters. The van der Waals surface area contributed by atoms with E-state index in [0.717, 1.165) is 25.1 Å². The number of rotatable bonds is 15. The van der Waals surface area contributed by atoms with Gasteiger partial charge in [0.05, 0.1) is 13.7 Å². The van der Waals surface area contributed by atoms with Crippen LogP contribution in [0.5, 0.6) is 11.5 Å². The fraction of sp³-hybridized carbons (Fsp3) is 0.548. The van der Waals surface area contributed by atoms with Gasteiger partial charge in [-0.25, -0.2) is 0 Å². The Labute approximate surface area is 238 Å². The number of aliphatic hydroxyl groups excluding tert-OH is 1. The van der Waals surface area contributed by atoms with Crippen molar-refractivity contribution in [2.75, 3.05) is 60.7 Å². The van der Waals surface area contributed by atoms with Gasteiger partial charge in [-0.2, -0.15) is 0 Å². The molecule has 2 aromatic carbocycles. The van der Waals surface area contributed by atoms with E-state index in [2.05, 4.69) is 5.32 Å². The normalized spacial score (nSPS) is 17.5. The SMILES string of the molecule is COCCCOc1cc(C(=O)N(C[C@@H]2CNC[C@H]2CN(C)C(=O)[C@@H](O)Cc2ccccc2)C(C)C)ccc1OC. The molecule has 0 aromatic heterocycles. The molecular formula is C31H45N3O6. The lowest BCUT2D eigenvalue weighted by molar-refractivity contribution is -0.139. The number of methoxy groups -OCH3 is 2. The fourth-order valence-electron chi connectivity index (χ4n) is 5.09. The third-order valence-electron chi connectivity index (χ3n) is 7.40. The van der Waals surface area contributed by atoms with Crippen molar-refractivity contribution in [2.45, 2.75) is 38.8 Å². The highest BCUT2D eigenvalue weighted by molar-refractivity contribution is 5.95. The van der Waals surface area contributed by atoms with Crippen LogP contribution in [0, 0.1) is 11.8 Å². The molecule has 1 aliphatic rings. The fourth-order valence-corrected chi connectivity index (χ4v) is 5.09. The summed E-state index contributed by atoms with van der Waals surface area (Å²) in [6.07, 6.45) is -0.0759. The van der Waals surface area contributed by atoms with Gasteiger partial charge in [-0.3, -0.25) is 9.59 Å². The quantitative estimate of drug-likeness (QED) is 0.326. The molecule has 0 bridgehead atoms. The molecule has 0 radical (unpaired) electrons. The minimum atomic E-state index is -1.09. The minimum Gasteiger partial charge on any atom is -0.493 e. The summed E-state index contributed by atoms with van der Waals surface area (Å²) in [5, 5.41) is 14.0. The van der Waals surface area contributed by atoms with E-state index in [9.17, 15) is 14.7 Å². The van der Waals surface area contributed by atoms with E-state index in [0.29, 0.717) is 43.4 Å². The van der Waals surface area contributed by atoms with E-state index >= 15 is 0 Å². The lowest BCUT2D eigenvalue weighted by Crippen LogP contribution is -2.45. The molecule has 2 aromatic rings. The summed E-state index contributed by atoms with van der Waals surface area (Å²) < 4.78 is 16.4. The van der Waals surface area contributed by atoms with Crippen molar-refractivity contribution in [1.29, 1.82) is 0 Å². The lowest BCUT2D eigenvalue weighted by atomic mass is 9.93. The Hall–Kier alpha value is -3.14. The Morgan fingerprint density at radius 2 is 1.70 bits per heavy atom. The van der Waals surface area contributed by atoms with Crippen molar-refractivity contribution in [3.05, 3.63) is 59.7 Å². The van der Waals surface area contributed by atoms with Gasteiger partial charge in [-0.05, 0) is 49.4 Å². The number of ether oxygens (including phenoxy) is 3. The molecule has 9 nitrogen and oxygen atoms in total. The number of aliphatic hydroxyl groups is 1. The molecule has 0 aliphatic carbocycles. The van der Waals surface area contributed by atoms with Crippen LogP contribution in [0.15, 0.2) is 48.5 Å². The third kappa shape index (κ3) is 8.68. The summed E-state index contributed by atoms with van der Waals surface area (Å²) >= 11 is 0. The van der Waals surface area contributed by atoms with Crippen LogP contribution in [0.2, 0.25) is 0 Å². The van der Waals surface area contributed by atoms with Crippen LogP contribution in [0.4, 0.5) is 0 Å². The Morgan fingerprint density at radius 1 is 1.00 bits per heavy atom. The van der Waals surface area contributed by atoms with E-state index in [1.165, 1.54) is 0 Å². The largest absolute Gasteiger partial charge is 0.493 e. The first kappa shape index (κ1) is 31.4. The highest BCUT2D eigenvalue weighted by Crippen LogP contribution is 2.30. The first-order valence-electron chi connectivity index (χ1n) is 14.0. The van der Waals surface area contributed by atoms with Gasteiger partial charge in [-0.1, -0.05) is 30.3 Å². The zero-order valence-electron chi connectivity index (χ0n) is 24.5. The summed E-state index contributed by atoms with van der Waals surface area (Å²) in [6, 6.07) is 14.8. The van der Waals surface area contributed by atoms with Crippen molar-refractivity contribution < 1.29 is 28.9 Å². The first-order valence-corrected chi connectivity index (χ1v) is 14.0. The zero-order valence-corrected chi connectivity index (χ0v) is 24.5. The van der Waals surface area contributed by atoms with E-state index in [1.807, 2.05) is 49.1 Å². The smallest absolute Gasteiger partial charge is 0.254 e. The first-order chi connectivity index (χ1) is 19.2. The van der Waals surface area contributed by atoms with Crippen molar-refractivity contribution in [2.24, 2.45) is 11.8 Å². The van der Waals surface area contributed by atoms with Crippen LogP contribution in [0.25, 0.3) is 0 Å². The van der Waals surface area contributed by atoms with Gasteiger partial charge in [-0.15, -0.1) is 0 Å². The topological polar surface area (TPSA) is 101 Å². The summed E-state index contributed by atoms with van der Waals surface area (Å²) in [4.78, 5) is 30.1. The van der Waals surface area contributed by atoms with E-state index in [1.54, 1.807) is 44.4 Å². The van der Waals surface area contributed by atoms with Gasteiger partial charge in [0, 0.05) is 71.4 Å². The van der Waals surface area contributed by atoms with Crippen LogP contribution in [-0.4, -0.2) is 99.5 Å². The number of likely N-dealkylation sites (N-methyl/N-ethyl adjacent to an activating group) is 1. The van der Waals surface area contributed by atoms with E-state index < -0.39 is 6.10 Å². The van der Waals surface area contributed by atoms with Crippen molar-refractivity contribution in [3.63, 3.8) is 0 Å². The predicted molar refractivity (Wildman–Crippen MR) is 155 cm³/mol. The number of hydrogen-bond acceptors (Lipinski definition) is 7. The molecule has 220 valence electrons. The van der Waals surface area contributed by atoms with Gasteiger partial charge in [0.25, 0.3) is 11.8 Å². The molecule has 1 aliphatic heterocycles. The molecule has 0 spiro atoms. The third-order valence-corrected chi connectivity index (χ3v) is 7.40. The maximum absolute atomic E-state index is 13.7. The molecule has 9 heteroatoms. The standard InChI is InChI=1S/C31H45N3O6/c1-22(2)34(30(36)24-12-13-28(39-5)29(17-24)40-15-9-14-38-4)21-26-19-32-18-25(26)20-33(3)31(37)27(35)16-23-10-7-6-8-11-23/h6-8,10-13,17,22,25-27,32,35H,9,14-16,18-21H2,1-5H3/t25-,26-,27-/m0/s1. The maximum Gasteiger partial charge on any atom is 0.254 e. The van der Waals surface area contributed by atoms with Gasteiger partial charge >= 0.3 is 0 Å². The second-order valence-electron chi connectivity index (χ2n) is 10.7. The number of nitrogens with one attached hydrogen (secondary N) is 1. The lowest BCUT2D eigenvalue weighted by Gasteiger charge is -2.33. The molecule has 3 rings (SSSR count). The molecule has 0 saturated carbocycles. The molecule has 2 amide bonds. The number of nitrogens with zero attached hydrogens (tertiary/aromatic N) is 2. The van der Waals surface area contributed by atoms with Gasteiger partial charge < -0.3 is 34.4 Å². The van der Waals surface area contributed by atoms with Crippen LogP contribution in [0.3, 0.4) is 0 Å². The van der Waals surface area contributed by atoms with Gasteiger partial charge in [0.15, 0.2) is 11.5 Å². The van der Waals surface area contributed by atoms with E-state index in [-0.39, 0.29) is 36.1 Å². The number of carbonyl (C=O) groups is 2. The molecular weight excluding hydrogens is 510 g/mol. The van der Waals surface area contributed by atoms with Crippen LogP contribution in [-0.2, 0) is 16.0 Å². The molecule has 1 fully saturated rings. The van der Waals surface area contributed by atoms with Crippen molar-refractivity contribution >= 4 is 11.8 Å². The van der Waals surface area contributed by atoms with E-state index in [4.69, 9.17) is 14.2 Å². The summed E-state index contributed by atoms with van der Waals surface area (Å²) in [7, 11) is 4.97. The van der Waals surface area contributed by atoms with Crippen LogP contribution < -0.4 is 14.8 Å². The molecule has 2 N–H and O–H groups in total. The minimum absolute atomic E-state index is 0.0195. The Morgan fingerprint density at radius 3 is 2.35 bits per heavy atom. The second-order valence-corrected chi connectivity index (χ2v) is 10.7. The second kappa shape index (κ2) is 15.6. The Bertz CT molecular complexity index is 1080. The highest BCUT2D eigenvalue weighted by atomic mass is 16.5. The summed E-state index contributed by atoms with van der Waals surface area (Å²) in [5.74, 6) is 1.06. The Kier molecular flexibility index (Phi) is 12.2. The van der Waals surface area contributed by atoms with Gasteiger partial charge in [0.2, 0.25) is 0 Å². The zero-order chi connectivity index (χ0) is 29.1. The summed E-state index contributed by atoms with van der Waals surface area (Å²) in [5.41, 5.74) is 1.46. The molecule has 3 atom stereocenters. The number of carbonyl (C=O) groups excluding carboxylic acids is 2. The van der Waals surface area contributed by atoms with Crippen molar-refractivity contribution in [1.82, 2.24) is 15.1 Å². The van der Waals surface area contributed by atoms with Crippen molar-refractivity contribution in [3.8, 4) is 11.5 Å². The molecule has 1 heterocycles. The van der Waals surface area contributed by atoms with Crippen LogP contribution in [0.1, 0.15) is 36.2 Å². The highest BCUT2D eigenvalue weighted by Gasteiger charge is 2.34. The number of benzene rings is 2. The Balaban J connectivity index is 1.65. The average molecular weight is 556 g/mol. The van der Waals surface area contributed by atoms with Gasteiger partial charge in [0.1, 0.15) is 6.10 Å².